The molecule has 26 heavy (non-hydrogen) atoms. The molecule has 2 aromatic carbocycles. The van der Waals surface area contributed by atoms with E-state index in [1.54, 1.807) is 0 Å². The number of hydrogen-bond acceptors (Lipinski definition) is 2. The second kappa shape index (κ2) is 6.95. The fourth-order valence-electron chi connectivity index (χ4n) is 4.68. The topological polar surface area (TPSA) is 21.3 Å². The summed E-state index contributed by atoms with van der Waals surface area (Å²) in [5.41, 5.74) is 0. The highest BCUT2D eigenvalue weighted by molar-refractivity contribution is 6.99. The maximum absolute atomic E-state index is 7.33. The van der Waals surface area contributed by atoms with Crippen molar-refractivity contribution in [1.29, 1.82) is 0 Å². The lowest BCUT2D eigenvalue weighted by Gasteiger charge is -2.45. The summed E-state index contributed by atoms with van der Waals surface area (Å²) in [6.45, 7) is 8.19. The minimum atomic E-state index is -2.41. The lowest BCUT2D eigenvalue weighted by atomic mass is 10.1. The molecule has 1 heterocycles. The predicted octanol–water partition coefficient (Wildman–Crippen LogP) is 3.70. The molecule has 4 rings (SSSR count). The summed E-state index contributed by atoms with van der Waals surface area (Å²) in [4.78, 5) is 0. The zero-order chi connectivity index (χ0) is 18.2. The van der Waals surface area contributed by atoms with Crippen molar-refractivity contribution in [3.8, 4) is 0 Å². The van der Waals surface area contributed by atoms with E-state index in [0.717, 1.165) is 18.9 Å². The van der Waals surface area contributed by atoms with E-state index < -0.39 is 8.32 Å². The van der Waals surface area contributed by atoms with Crippen LogP contribution >= 0.6 is 0 Å². The molecule has 3 heteroatoms. The van der Waals surface area contributed by atoms with Crippen molar-refractivity contribution in [3.63, 3.8) is 0 Å². The van der Waals surface area contributed by atoms with Crippen LogP contribution in [0.3, 0.4) is 0 Å². The molecule has 0 bridgehead atoms. The second-order valence-corrected chi connectivity index (χ2v) is 13.2. The van der Waals surface area contributed by atoms with E-state index in [9.17, 15) is 0 Å². The van der Waals surface area contributed by atoms with Gasteiger partial charge in [-0.25, -0.2) is 0 Å². The first-order valence-corrected chi connectivity index (χ1v) is 12.0. The number of nitrogens with one attached hydrogen (secondary N) is 1. The number of rotatable bonds is 5. The maximum atomic E-state index is 7.33. The Hall–Kier alpha value is -1.42. The molecule has 0 amide bonds. The molecule has 2 nitrogen and oxygen atoms in total. The van der Waals surface area contributed by atoms with Gasteiger partial charge in [0.15, 0.2) is 0 Å². The van der Waals surface area contributed by atoms with Gasteiger partial charge in [-0.15, -0.1) is 0 Å². The van der Waals surface area contributed by atoms with E-state index in [1.165, 1.54) is 23.2 Å². The molecular weight excluding hydrogens is 334 g/mol. The molecule has 1 saturated carbocycles. The molecule has 1 aliphatic carbocycles. The Bertz CT molecular complexity index is 681. The van der Waals surface area contributed by atoms with E-state index in [0.29, 0.717) is 12.1 Å². The van der Waals surface area contributed by atoms with E-state index in [4.69, 9.17) is 4.43 Å². The van der Waals surface area contributed by atoms with Gasteiger partial charge in [-0.05, 0) is 47.1 Å². The van der Waals surface area contributed by atoms with Gasteiger partial charge in [0.1, 0.15) is 0 Å². The van der Waals surface area contributed by atoms with Crippen LogP contribution in [0.2, 0.25) is 5.04 Å². The van der Waals surface area contributed by atoms with Gasteiger partial charge < -0.3 is 9.74 Å². The molecule has 0 unspecified atom stereocenters. The molecule has 0 spiro atoms. The van der Waals surface area contributed by atoms with Gasteiger partial charge in [0, 0.05) is 6.04 Å². The number of hydrogen-bond donors (Lipinski definition) is 1. The first-order chi connectivity index (χ1) is 12.5. The van der Waals surface area contributed by atoms with Crippen LogP contribution < -0.4 is 15.7 Å². The first-order valence-electron chi connectivity index (χ1n) is 10.0. The fraction of sp³-hybridized carbons (Fsp3) is 0.478. The first kappa shape index (κ1) is 18.0. The van der Waals surface area contributed by atoms with Crippen molar-refractivity contribution in [3.05, 3.63) is 60.7 Å². The van der Waals surface area contributed by atoms with Crippen LogP contribution in [0.15, 0.2) is 60.7 Å². The lowest BCUT2D eigenvalue weighted by Crippen LogP contribution is -2.68. The zero-order valence-corrected chi connectivity index (χ0v) is 17.2. The third kappa shape index (κ3) is 3.17. The van der Waals surface area contributed by atoms with Crippen LogP contribution in [0.4, 0.5) is 0 Å². The van der Waals surface area contributed by atoms with Gasteiger partial charge in [-0.1, -0.05) is 81.4 Å². The predicted molar refractivity (Wildman–Crippen MR) is 112 cm³/mol. The smallest absolute Gasteiger partial charge is 0.261 e. The Morgan fingerprint density at radius 1 is 0.846 bits per heavy atom. The molecule has 2 atom stereocenters. The van der Waals surface area contributed by atoms with E-state index in [2.05, 4.69) is 86.8 Å². The molecule has 1 aliphatic heterocycles. The molecule has 2 aromatic rings. The average molecular weight is 366 g/mol. The standard InChI is InChI=1S/C23H31NOSi/c1-23(2,3)26(19-10-6-4-7-11-19,20-12-8-5-9-13-20)25-21-16-17-24-22(21)18-14-15-18/h4-13,18,21-22,24H,14-17H2,1-3H3/t21-,22+/m0/s1. The zero-order valence-electron chi connectivity index (χ0n) is 16.2. The quantitative estimate of drug-likeness (QED) is 0.816. The summed E-state index contributed by atoms with van der Waals surface area (Å²) >= 11 is 0. The molecule has 1 N–H and O–H groups in total. The molecule has 0 radical (unpaired) electrons. The molecule has 138 valence electrons. The Kier molecular flexibility index (Phi) is 4.80. The van der Waals surface area contributed by atoms with Crippen molar-refractivity contribution in [2.75, 3.05) is 6.54 Å². The second-order valence-electron chi connectivity index (χ2n) is 8.93. The van der Waals surface area contributed by atoms with Crippen molar-refractivity contribution in [1.82, 2.24) is 5.32 Å². The van der Waals surface area contributed by atoms with Crippen molar-refractivity contribution < 1.29 is 4.43 Å². The monoisotopic (exact) mass is 365 g/mol. The highest BCUT2D eigenvalue weighted by Crippen LogP contribution is 2.42. The van der Waals surface area contributed by atoms with Gasteiger partial charge >= 0.3 is 0 Å². The fourth-order valence-corrected chi connectivity index (χ4v) is 9.41. The summed E-state index contributed by atoms with van der Waals surface area (Å²) in [6, 6.07) is 22.6. The van der Waals surface area contributed by atoms with Crippen molar-refractivity contribution in [2.45, 2.75) is 57.2 Å². The molecular formula is C23H31NOSi. The maximum Gasteiger partial charge on any atom is 0.261 e. The summed E-state index contributed by atoms with van der Waals surface area (Å²) in [5, 5.41) is 6.58. The van der Waals surface area contributed by atoms with Crippen molar-refractivity contribution >= 4 is 18.7 Å². The highest BCUT2D eigenvalue weighted by Gasteiger charge is 2.53. The summed E-state index contributed by atoms with van der Waals surface area (Å²) in [5.74, 6) is 0.820. The van der Waals surface area contributed by atoms with Gasteiger partial charge in [0.2, 0.25) is 0 Å². The van der Waals surface area contributed by atoms with Crippen LogP contribution in [-0.4, -0.2) is 27.0 Å². The summed E-state index contributed by atoms with van der Waals surface area (Å²) in [7, 11) is -2.41. The van der Waals surface area contributed by atoms with Crippen LogP contribution in [0.1, 0.15) is 40.0 Å². The third-order valence-electron chi connectivity index (χ3n) is 6.08. The molecule has 1 saturated heterocycles. The van der Waals surface area contributed by atoms with Crippen LogP contribution in [0.5, 0.6) is 0 Å². The number of benzene rings is 2. The lowest BCUT2D eigenvalue weighted by molar-refractivity contribution is 0.163. The van der Waals surface area contributed by atoms with Crippen molar-refractivity contribution in [2.24, 2.45) is 5.92 Å². The minimum Gasteiger partial charge on any atom is -0.403 e. The van der Waals surface area contributed by atoms with Gasteiger partial charge in [0.25, 0.3) is 8.32 Å². The van der Waals surface area contributed by atoms with Crippen LogP contribution in [-0.2, 0) is 4.43 Å². The van der Waals surface area contributed by atoms with Gasteiger partial charge in [-0.2, -0.15) is 0 Å². The summed E-state index contributed by atoms with van der Waals surface area (Å²) in [6.07, 6.45) is 4.18. The summed E-state index contributed by atoms with van der Waals surface area (Å²) < 4.78 is 7.33. The van der Waals surface area contributed by atoms with Crippen LogP contribution in [0, 0.1) is 5.92 Å². The molecule has 0 aromatic heterocycles. The molecule has 2 aliphatic rings. The SMILES string of the molecule is CC(C)(C)[Si](O[C@H]1CCN[C@@H]1C1CC1)(c1ccccc1)c1ccccc1. The Morgan fingerprint density at radius 2 is 1.38 bits per heavy atom. The normalized spacial score (nSPS) is 24.0. The van der Waals surface area contributed by atoms with E-state index in [-0.39, 0.29) is 5.04 Å². The Morgan fingerprint density at radius 3 is 1.85 bits per heavy atom. The van der Waals surface area contributed by atoms with Crippen LogP contribution in [0.25, 0.3) is 0 Å². The minimum absolute atomic E-state index is 0.0619. The van der Waals surface area contributed by atoms with Gasteiger partial charge in [0.05, 0.1) is 6.10 Å². The average Bonchev–Trinajstić information content (AvgIpc) is 3.39. The Labute approximate surface area is 159 Å². The van der Waals surface area contributed by atoms with E-state index in [1.807, 2.05) is 0 Å². The highest BCUT2D eigenvalue weighted by atomic mass is 28.4. The third-order valence-corrected chi connectivity index (χ3v) is 11.1. The van der Waals surface area contributed by atoms with Gasteiger partial charge in [-0.3, -0.25) is 0 Å². The largest absolute Gasteiger partial charge is 0.403 e. The van der Waals surface area contributed by atoms with E-state index >= 15 is 0 Å². The Balaban J connectivity index is 1.82. The molecule has 2 fully saturated rings.